The topological polar surface area (TPSA) is 101 Å². The van der Waals surface area contributed by atoms with Crippen LogP contribution in [0.15, 0.2) is 28.8 Å². The molecule has 1 heterocycles. The molecule has 0 bridgehead atoms. The summed E-state index contributed by atoms with van der Waals surface area (Å²) in [5.74, 6) is 0.957. The second-order valence-corrected chi connectivity index (χ2v) is 10.4. The normalized spacial score (nSPS) is 11.5. The molecule has 1 aromatic heterocycles. The summed E-state index contributed by atoms with van der Waals surface area (Å²) in [6, 6.07) is 6.02. The summed E-state index contributed by atoms with van der Waals surface area (Å²) in [4.78, 5) is 14.5. The van der Waals surface area contributed by atoms with Gasteiger partial charge in [0.05, 0.1) is 10.7 Å². The molecule has 0 fully saturated rings. The number of hydrogen-bond donors (Lipinski definition) is 0. The fraction of sp³-hybridized carbons (Fsp3) is 0.273. The Hall–Kier alpha value is -1.32. The maximum atomic E-state index is 10.8. The minimum absolute atomic E-state index is 0.0347. The number of hydrogen-bond acceptors (Lipinski definition) is 9. The molecular formula is C11H12N3O5PS2. The average Bonchev–Trinajstić information content (AvgIpc) is 3.02. The minimum atomic E-state index is -2.40. The van der Waals surface area contributed by atoms with E-state index in [4.69, 9.17) is 25.4 Å². The smallest absolute Gasteiger partial charge is 0.270 e. The largest absolute Gasteiger partial charge is 0.338 e. The van der Waals surface area contributed by atoms with Crippen LogP contribution in [0.4, 0.5) is 5.69 Å². The maximum absolute atomic E-state index is 10.8. The van der Waals surface area contributed by atoms with E-state index in [-0.39, 0.29) is 11.5 Å². The van der Waals surface area contributed by atoms with Crippen LogP contribution < -0.4 is 0 Å². The molecule has 11 heteroatoms. The van der Waals surface area contributed by atoms with E-state index in [1.165, 1.54) is 37.7 Å². The lowest BCUT2D eigenvalue weighted by molar-refractivity contribution is -0.384. The van der Waals surface area contributed by atoms with E-state index in [9.17, 15) is 10.1 Å². The Bertz CT molecular complexity index is 715. The van der Waals surface area contributed by atoms with Crippen LogP contribution in [0.25, 0.3) is 11.4 Å². The third kappa shape index (κ3) is 4.11. The lowest BCUT2D eigenvalue weighted by Gasteiger charge is -2.14. The predicted octanol–water partition coefficient (Wildman–Crippen LogP) is 3.40. The van der Waals surface area contributed by atoms with E-state index in [1.807, 2.05) is 0 Å². The van der Waals surface area contributed by atoms with Crippen LogP contribution in [0.5, 0.6) is 0 Å². The lowest BCUT2D eigenvalue weighted by atomic mass is 10.2. The Morgan fingerprint density at radius 1 is 1.45 bits per heavy atom. The van der Waals surface area contributed by atoms with Crippen LogP contribution in [0.3, 0.4) is 0 Å². The Morgan fingerprint density at radius 2 is 2.18 bits per heavy atom. The Labute approximate surface area is 135 Å². The number of aromatic nitrogens is 2. The van der Waals surface area contributed by atoms with Gasteiger partial charge in [0.15, 0.2) is 0 Å². The SMILES string of the molecule is COP(=S)(OC)SCc1nc(-c2cccc([N+](=O)[O-])c2)no1. The summed E-state index contributed by atoms with van der Waals surface area (Å²) in [6.45, 7) is 0. The monoisotopic (exact) mass is 361 g/mol. The van der Waals surface area contributed by atoms with Gasteiger partial charge in [0.2, 0.25) is 17.4 Å². The van der Waals surface area contributed by atoms with Gasteiger partial charge in [-0.1, -0.05) is 28.7 Å². The van der Waals surface area contributed by atoms with Gasteiger partial charge in [-0.3, -0.25) is 10.1 Å². The molecule has 0 saturated heterocycles. The second-order valence-electron chi connectivity index (χ2n) is 3.90. The van der Waals surface area contributed by atoms with Crippen molar-refractivity contribution in [1.82, 2.24) is 10.1 Å². The van der Waals surface area contributed by atoms with Crippen LogP contribution in [0.1, 0.15) is 5.89 Å². The van der Waals surface area contributed by atoms with Crippen LogP contribution in [0.2, 0.25) is 0 Å². The average molecular weight is 361 g/mol. The molecule has 0 N–H and O–H groups in total. The zero-order chi connectivity index (χ0) is 16.2. The number of nitrogens with zero attached hydrogens (tertiary/aromatic N) is 3. The van der Waals surface area contributed by atoms with Gasteiger partial charge in [0, 0.05) is 31.9 Å². The van der Waals surface area contributed by atoms with Gasteiger partial charge in [-0.05, 0) is 11.8 Å². The van der Waals surface area contributed by atoms with E-state index in [0.29, 0.717) is 17.2 Å². The van der Waals surface area contributed by atoms with Gasteiger partial charge >= 0.3 is 0 Å². The summed E-state index contributed by atoms with van der Waals surface area (Å²) >= 11 is 6.48. The summed E-state index contributed by atoms with van der Waals surface area (Å²) < 4.78 is 15.4. The van der Waals surface area contributed by atoms with Crippen LogP contribution in [0, 0.1) is 10.1 Å². The molecule has 2 aromatic rings. The lowest BCUT2D eigenvalue weighted by Crippen LogP contribution is -1.89. The first-order valence-corrected chi connectivity index (χ1v) is 10.1. The number of rotatable bonds is 7. The van der Waals surface area contributed by atoms with Crippen molar-refractivity contribution in [2.24, 2.45) is 0 Å². The van der Waals surface area contributed by atoms with E-state index in [1.54, 1.807) is 12.1 Å². The zero-order valence-electron chi connectivity index (χ0n) is 11.7. The molecule has 0 amide bonds. The van der Waals surface area contributed by atoms with Crippen molar-refractivity contribution in [2.75, 3.05) is 14.2 Å². The predicted molar refractivity (Wildman–Crippen MR) is 86.0 cm³/mol. The van der Waals surface area contributed by atoms with Crippen molar-refractivity contribution in [2.45, 2.75) is 5.75 Å². The van der Waals surface area contributed by atoms with E-state index in [2.05, 4.69) is 10.1 Å². The molecule has 22 heavy (non-hydrogen) atoms. The second kappa shape index (κ2) is 7.30. The van der Waals surface area contributed by atoms with Crippen molar-refractivity contribution in [3.05, 3.63) is 40.3 Å². The molecule has 0 unspecified atom stereocenters. The van der Waals surface area contributed by atoms with E-state index < -0.39 is 10.6 Å². The third-order valence-corrected chi connectivity index (χ3v) is 8.24. The van der Waals surface area contributed by atoms with E-state index in [0.717, 1.165) is 0 Å². The van der Waals surface area contributed by atoms with Gasteiger partial charge in [0.1, 0.15) is 0 Å². The molecule has 0 radical (unpaired) electrons. The molecule has 118 valence electrons. The Kier molecular flexibility index (Phi) is 5.65. The minimum Gasteiger partial charge on any atom is -0.338 e. The summed E-state index contributed by atoms with van der Waals surface area (Å²) in [5, 5.41) is 14.6. The van der Waals surface area contributed by atoms with Gasteiger partial charge in [-0.15, -0.1) is 0 Å². The number of nitro groups is 1. The molecular weight excluding hydrogens is 349 g/mol. The van der Waals surface area contributed by atoms with Crippen molar-refractivity contribution >= 4 is 34.6 Å². The zero-order valence-corrected chi connectivity index (χ0v) is 14.2. The van der Waals surface area contributed by atoms with Gasteiger partial charge in [-0.2, -0.15) is 4.98 Å². The Balaban J connectivity index is 2.13. The van der Waals surface area contributed by atoms with Crippen LogP contribution in [-0.4, -0.2) is 29.3 Å². The number of non-ortho nitro benzene ring substituents is 1. The molecule has 1 aromatic carbocycles. The van der Waals surface area contributed by atoms with Crippen molar-refractivity contribution in [3.8, 4) is 11.4 Å². The molecule has 8 nitrogen and oxygen atoms in total. The van der Waals surface area contributed by atoms with E-state index >= 15 is 0 Å². The van der Waals surface area contributed by atoms with Crippen LogP contribution >= 0.6 is 17.1 Å². The van der Waals surface area contributed by atoms with Gasteiger partial charge in [0.25, 0.3) is 5.69 Å². The standard InChI is InChI=1S/C11H12N3O5PS2/c1-17-20(21,18-2)22-7-10-12-11(13-19-10)8-4-3-5-9(6-8)14(15)16/h3-6H,7H2,1-2H3. The molecule has 2 rings (SSSR count). The highest BCUT2D eigenvalue weighted by atomic mass is 32.9. The van der Waals surface area contributed by atoms with Crippen molar-refractivity contribution in [3.63, 3.8) is 0 Å². The highest BCUT2D eigenvalue weighted by Gasteiger charge is 2.19. The first-order chi connectivity index (χ1) is 10.5. The highest BCUT2D eigenvalue weighted by Crippen LogP contribution is 2.60. The summed E-state index contributed by atoms with van der Waals surface area (Å²) in [5.41, 5.74) is -1.93. The van der Waals surface area contributed by atoms with Crippen molar-refractivity contribution in [1.29, 1.82) is 0 Å². The van der Waals surface area contributed by atoms with Gasteiger partial charge in [-0.25, -0.2) is 0 Å². The highest BCUT2D eigenvalue weighted by molar-refractivity contribution is 8.67. The third-order valence-electron chi connectivity index (χ3n) is 2.58. The maximum Gasteiger partial charge on any atom is 0.270 e. The van der Waals surface area contributed by atoms with Crippen LogP contribution in [-0.2, 0) is 26.6 Å². The fourth-order valence-electron chi connectivity index (χ4n) is 1.50. The number of benzene rings is 1. The quantitative estimate of drug-likeness (QED) is 0.417. The molecule has 0 saturated carbocycles. The molecule has 0 spiro atoms. The van der Waals surface area contributed by atoms with Crippen molar-refractivity contribution < 1.29 is 18.5 Å². The fourth-order valence-corrected chi connectivity index (χ4v) is 4.16. The molecule has 0 aliphatic heterocycles. The van der Waals surface area contributed by atoms with Gasteiger partial charge < -0.3 is 13.6 Å². The summed E-state index contributed by atoms with van der Waals surface area (Å²) in [7, 11) is 2.97. The number of nitro benzene ring substituents is 1. The molecule has 0 aliphatic rings. The first kappa shape index (κ1) is 17.0. The molecule has 0 atom stereocenters. The summed E-state index contributed by atoms with van der Waals surface area (Å²) in [6.07, 6.45) is 0. The Morgan fingerprint density at radius 3 is 2.82 bits per heavy atom. The first-order valence-electron chi connectivity index (χ1n) is 5.91. The molecule has 0 aliphatic carbocycles.